The van der Waals surface area contributed by atoms with Crippen LogP contribution in [0.5, 0.6) is 0 Å². The van der Waals surface area contributed by atoms with E-state index in [1.807, 2.05) is 37.3 Å². The van der Waals surface area contributed by atoms with Crippen molar-refractivity contribution in [2.45, 2.75) is 26.0 Å². The van der Waals surface area contributed by atoms with Crippen LogP contribution < -0.4 is 10.6 Å². The van der Waals surface area contributed by atoms with Gasteiger partial charge in [-0.1, -0.05) is 30.3 Å². The number of rotatable bonds is 6. The molecule has 1 aromatic carbocycles. The molecule has 2 amide bonds. The van der Waals surface area contributed by atoms with Crippen molar-refractivity contribution < 1.29 is 9.90 Å². The number of aliphatic hydroxyl groups excluding tert-OH is 1. The van der Waals surface area contributed by atoms with E-state index in [0.717, 1.165) is 16.1 Å². The molecule has 0 saturated heterocycles. The summed E-state index contributed by atoms with van der Waals surface area (Å²) >= 11 is 1.52. The lowest BCUT2D eigenvalue weighted by molar-refractivity contribution is 0.167. The maximum absolute atomic E-state index is 11.6. The Morgan fingerprint density at radius 1 is 1.33 bits per heavy atom. The number of carbonyl (C=O) groups is 1. The van der Waals surface area contributed by atoms with E-state index in [9.17, 15) is 9.90 Å². The van der Waals surface area contributed by atoms with E-state index >= 15 is 0 Å². The van der Waals surface area contributed by atoms with Gasteiger partial charge in [-0.25, -0.2) is 9.78 Å². The number of aliphatic hydroxyl groups is 1. The molecule has 2 aromatic rings. The molecule has 0 fully saturated rings. The van der Waals surface area contributed by atoms with Crippen molar-refractivity contribution in [1.82, 2.24) is 15.6 Å². The maximum atomic E-state index is 11.6. The summed E-state index contributed by atoms with van der Waals surface area (Å²) in [5.74, 6) is 0. The van der Waals surface area contributed by atoms with Crippen LogP contribution in [0.25, 0.3) is 0 Å². The zero-order valence-electron chi connectivity index (χ0n) is 11.9. The smallest absolute Gasteiger partial charge is 0.315 e. The molecule has 3 N–H and O–H groups in total. The number of hydrogen-bond acceptors (Lipinski definition) is 4. The first kappa shape index (κ1) is 15.5. The van der Waals surface area contributed by atoms with Crippen LogP contribution in [0.2, 0.25) is 0 Å². The van der Waals surface area contributed by atoms with Crippen LogP contribution in [-0.2, 0) is 6.54 Å². The first-order valence-electron chi connectivity index (χ1n) is 6.80. The number of carbonyl (C=O) groups excluding carboxylic acids is 1. The number of thiazole rings is 1. The molecule has 0 aliphatic heterocycles. The fourth-order valence-electron chi connectivity index (χ4n) is 1.88. The van der Waals surface area contributed by atoms with Gasteiger partial charge in [-0.05, 0) is 18.9 Å². The Hall–Kier alpha value is -1.92. The molecule has 6 heteroatoms. The van der Waals surface area contributed by atoms with Gasteiger partial charge in [0.1, 0.15) is 0 Å². The Bertz CT molecular complexity index is 571. The summed E-state index contributed by atoms with van der Waals surface area (Å²) in [4.78, 5) is 16.8. The fourth-order valence-corrected chi connectivity index (χ4v) is 2.60. The summed E-state index contributed by atoms with van der Waals surface area (Å²) in [6, 6.07) is 9.19. The van der Waals surface area contributed by atoms with Crippen LogP contribution in [0, 0.1) is 6.92 Å². The second-order valence-electron chi connectivity index (χ2n) is 4.69. The lowest BCUT2D eigenvalue weighted by Crippen LogP contribution is -2.36. The standard InChI is InChI=1S/C15H19N3O2S/c1-11-14(21-10-18-11)9-17-15(20)16-8-7-13(19)12-5-3-2-4-6-12/h2-6,10,13,19H,7-9H2,1H3,(H2,16,17,20). The topological polar surface area (TPSA) is 74.2 Å². The zero-order chi connectivity index (χ0) is 15.1. The van der Waals surface area contributed by atoms with Gasteiger partial charge in [0.2, 0.25) is 0 Å². The number of benzene rings is 1. The average Bonchev–Trinajstić information content (AvgIpc) is 2.91. The Morgan fingerprint density at radius 3 is 2.76 bits per heavy atom. The van der Waals surface area contributed by atoms with Crippen LogP contribution in [0.1, 0.15) is 28.7 Å². The second-order valence-corrected chi connectivity index (χ2v) is 5.62. The third-order valence-corrected chi connectivity index (χ3v) is 4.08. The van der Waals surface area contributed by atoms with Gasteiger partial charge in [-0.15, -0.1) is 11.3 Å². The van der Waals surface area contributed by atoms with Crippen molar-refractivity contribution in [3.8, 4) is 0 Å². The molecule has 5 nitrogen and oxygen atoms in total. The largest absolute Gasteiger partial charge is 0.388 e. The predicted molar refractivity (Wildman–Crippen MR) is 83.1 cm³/mol. The summed E-state index contributed by atoms with van der Waals surface area (Å²) < 4.78 is 0. The van der Waals surface area contributed by atoms with Crippen molar-refractivity contribution in [2.75, 3.05) is 6.54 Å². The van der Waals surface area contributed by atoms with Crippen molar-refractivity contribution in [3.05, 3.63) is 52.0 Å². The number of amides is 2. The number of aryl methyl sites for hydroxylation is 1. The Balaban J connectivity index is 1.66. The van der Waals surface area contributed by atoms with Crippen molar-refractivity contribution in [3.63, 3.8) is 0 Å². The average molecular weight is 305 g/mol. The highest BCUT2D eigenvalue weighted by Crippen LogP contribution is 2.15. The minimum Gasteiger partial charge on any atom is -0.388 e. The Morgan fingerprint density at radius 2 is 2.10 bits per heavy atom. The number of aromatic nitrogens is 1. The quantitative estimate of drug-likeness (QED) is 0.767. The zero-order valence-corrected chi connectivity index (χ0v) is 12.7. The van der Waals surface area contributed by atoms with Gasteiger partial charge >= 0.3 is 6.03 Å². The predicted octanol–water partition coefficient (Wildman–Crippen LogP) is 2.37. The SMILES string of the molecule is Cc1ncsc1CNC(=O)NCCC(O)c1ccccc1. The highest BCUT2D eigenvalue weighted by Gasteiger charge is 2.08. The molecule has 0 aliphatic carbocycles. The highest BCUT2D eigenvalue weighted by atomic mass is 32.1. The van der Waals surface area contributed by atoms with Gasteiger partial charge in [0.05, 0.1) is 23.9 Å². The van der Waals surface area contributed by atoms with Gasteiger partial charge in [-0.3, -0.25) is 0 Å². The van der Waals surface area contributed by atoms with E-state index in [2.05, 4.69) is 15.6 Å². The molecule has 112 valence electrons. The summed E-state index contributed by atoms with van der Waals surface area (Å²) in [7, 11) is 0. The number of urea groups is 1. The van der Waals surface area contributed by atoms with E-state index < -0.39 is 6.10 Å². The van der Waals surface area contributed by atoms with E-state index in [0.29, 0.717) is 19.5 Å². The van der Waals surface area contributed by atoms with Gasteiger partial charge in [0.15, 0.2) is 0 Å². The van der Waals surface area contributed by atoms with Crippen LogP contribution in [0.3, 0.4) is 0 Å². The monoisotopic (exact) mass is 305 g/mol. The van der Waals surface area contributed by atoms with Crippen molar-refractivity contribution in [2.24, 2.45) is 0 Å². The lowest BCUT2D eigenvalue weighted by atomic mass is 10.1. The Labute approximate surface area is 128 Å². The molecule has 1 aromatic heterocycles. The van der Waals surface area contributed by atoms with Gasteiger partial charge < -0.3 is 15.7 Å². The number of nitrogens with zero attached hydrogens (tertiary/aromatic N) is 1. The van der Waals surface area contributed by atoms with Crippen LogP contribution in [0.15, 0.2) is 35.8 Å². The van der Waals surface area contributed by atoms with E-state index in [1.165, 1.54) is 11.3 Å². The normalized spacial score (nSPS) is 11.9. The molecule has 1 heterocycles. The summed E-state index contributed by atoms with van der Waals surface area (Å²) in [6.07, 6.45) is -0.0768. The molecule has 0 radical (unpaired) electrons. The minimum atomic E-state index is -0.560. The van der Waals surface area contributed by atoms with Gasteiger partial charge in [0.25, 0.3) is 0 Å². The van der Waals surface area contributed by atoms with E-state index in [1.54, 1.807) is 5.51 Å². The van der Waals surface area contributed by atoms with Crippen LogP contribution in [0.4, 0.5) is 4.79 Å². The van der Waals surface area contributed by atoms with E-state index in [-0.39, 0.29) is 6.03 Å². The summed E-state index contributed by atoms with van der Waals surface area (Å²) in [5.41, 5.74) is 3.57. The van der Waals surface area contributed by atoms with Gasteiger partial charge in [-0.2, -0.15) is 0 Å². The maximum Gasteiger partial charge on any atom is 0.315 e. The van der Waals surface area contributed by atoms with Crippen LogP contribution in [-0.4, -0.2) is 22.7 Å². The van der Waals surface area contributed by atoms with Crippen molar-refractivity contribution >= 4 is 17.4 Å². The molecule has 0 spiro atoms. The Kier molecular flexibility index (Phi) is 5.71. The van der Waals surface area contributed by atoms with E-state index in [4.69, 9.17) is 0 Å². The molecule has 1 atom stereocenters. The molecule has 1 unspecified atom stereocenters. The molecule has 2 rings (SSSR count). The number of nitrogens with one attached hydrogen (secondary N) is 2. The number of hydrogen-bond donors (Lipinski definition) is 3. The first-order valence-corrected chi connectivity index (χ1v) is 7.68. The third-order valence-electron chi connectivity index (χ3n) is 3.14. The molecule has 0 saturated carbocycles. The van der Waals surface area contributed by atoms with Crippen LogP contribution >= 0.6 is 11.3 Å². The summed E-state index contributed by atoms with van der Waals surface area (Å²) in [5, 5.41) is 15.5. The highest BCUT2D eigenvalue weighted by molar-refractivity contribution is 7.09. The molecular weight excluding hydrogens is 286 g/mol. The lowest BCUT2D eigenvalue weighted by Gasteiger charge is -2.12. The third kappa shape index (κ3) is 4.84. The molecule has 0 bridgehead atoms. The summed E-state index contributed by atoms with van der Waals surface area (Å²) in [6.45, 7) is 2.81. The molecule has 21 heavy (non-hydrogen) atoms. The molecule has 0 aliphatic rings. The molecular formula is C15H19N3O2S. The second kappa shape index (κ2) is 7.75. The van der Waals surface area contributed by atoms with Crippen molar-refractivity contribution in [1.29, 1.82) is 0 Å². The first-order chi connectivity index (χ1) is 10.2. The van der Waals surface area contributed by atoms with Gasteiger partial charge in [0, 0.05) is 11.4 Å². The minimum absolute atomic E-state index is 0.233. The fraction of sp³-hybridized carbons (Fsp3) is 0.333.